The highest BCUT2D eigenvalue weighted by Gasteiger charge is 2.27. The Labute approximate surface area is 153 Å². The molecule has 1 amide bonds. The zero-order chi connectivity index (χ0) is 16.2. The van der Waals surface area contributed by atoms with E-state index in [0.29, 0.717) is 13.1 Å². The number of hydrogen-bond donors (Lipinski definition) is 1. The Hall–Kier alpha value is -0.880. The highest BCUT2D eigenvalue weighted by molar-refractivity contribution is 6.33. The van der Waals surface area contributed by atoms with E-state index in [2.05, 4.69) is 10.2 Å². The lowest BCUT2D eigenvalue weighted by Gasteiger charge is -2.37. The largest absolute Gasteiger partial charge is 0.336 e. The van der Waals surface area contributed by atoms with Gasteiger partial charge < -0.3 is 10.2 Å². The van der Waals surface area contributed by atoms with Crippen LogP contribution in [0.25, 0.3) is 0 Å². The number of nitrogens with one attached hydrogen (secondary N) is 1. The number of halogens is 3. The summed E-state index contributed by atoms with van der Waals surface area (Å²) in [6, 6.07) is 4.36. The molecule has 0 spiro atoms. The third-order valence-electron chi connectivity index (χ3n) is 4.81. The van der Waals surface area contributed by atoms with Crippen LogP contribution in [0.5, 0.6) is 0 Å². The van der Waals surface area contributed by atoms with Gasteiger partial charge in [-0.05, 0) is 44.0 Å². The first kappa shape index (κ1) is 19.4. The molecule has 0 atom stereocenters. The molecule has 1 aromatic carbocycles. The van der Waals surface area contributed by atoms with Crippen molar-refractivity contribution in [3.63, 3.8) is 0 Å². The predicted molar refractivity (Wildman–Crippen MR) is 96.6 cm³/mol. The van der Waals surface area contributed by atoms with Crippen LogP contribution in [0.15, 0.2) is 18.2 Å². The topological polar surface area (TPSA) is 35.6 Å². The van der Waals surface area contributed by atoms with Crippen molar-refractivity contribution < 1.29 is 9.18 Å². The van der Waals surface area contributed by atoms with Crippen molar-refractivity contribution in [2.24, 2.45) is 5.92 Å². The second-order valence-corrected chi connectivity index (χ2v) is 6.79. The van der Waals surface area contributed by atoms with Crippen LogP contribution in [0, 0.1) is 11.7 Å². The molecular formula is C17H24Cl2FN3O. The molecule has 4 nitrogen and oxygen atoms in total. The number of carbonyl (C=O) groups is 1. The fraction of sp³-hybridized carbons (Fsp3) is 0.588. The minimum Gasteiger partial charge on any atom is -0.336 e. The van der Waals surface area contributed by atoms with Crippen molar-refractivity contribution in [1.82, 2.24) is 15.1 Å². The Morgan fingerprint density at radius 3 is 2.50 bits per heavy atom. The van der Waals surface area contributed by atoms with Gasteiger partial charge in [0.15, 0.2) is 0 Å². The summed E-state index contributed by atoms with van der Waals surface area (Å²) in [4.78, 5) is 16.6. The normalized spacial score (nSPS) is 19.8. The Morgan fingerprint density at radius 2 is 1.88 bits per heavy atom. The Morgan fingerprint density at radius 1 is 1.21 bits per heavy atom. The highest BCUT2D eigenvalue weighted by atomic mass is 35.5. The summed E-state index contributed by atoms with van der Waals surface area (Å²) in [7, 11) is 0. The number of hydrogen-bond acceptors (Lipinski definition) is 3. The van der Waals surface area contributed by atoms with Crippen molar-refractivity contribution in [2.75, 3.05) is 45.8 Å². The van der Waals surface area contributed by atoms with Gasteiger partial charge in [0.25, 0.3) is 5.91 Å². The van der Waals surface area contributed by atoms with Gasteiger partial charge in [-0.3, -0.25) is 9.69 Å². The highest BCUT2D eigenvalue weighted by Crippen LogP contribution is 2.22. The first-order valence-electron chi connectivity index (χ1n) is 8.31. The van der Waals surface area contributed by atoms with Crippen molar-refractivity contribution in [3.8, 4) is 0 Å². The average molecular weight is 376 g/mol. The third kappa shape index (κ3) is 4.60. The fourth-order valence-corrected chi connectivity index (χ4v) is 3.67. The molecule has 2 aliphatic heterocycles. The Balaban J connectivity index is 0.00000208. The van der Waals surface area contributed by atoms with Crippen LogP contribution in [-0.2, 0) is 0 Å². The standard InChI is InChI=1S/C17H23ClFN3O.ClH/c18-14-2-1-3-15(19)16(14)17(23)22-10-8-21(9-11-22)12-13-4-6-20-7-5-13;/h1-3,13,20H,4-12H2;1H. The fourth-order valence-electron chi connectivity index (χ4n) is 3.42. The molecule has 1 N–H and O–H groups in total. The smallest absolute Gasteiger partial charge is 0.258 e. The van der Waals surface area contributed by atoms with E-state index in [9.17, 15) is 9.18 Å². The molecule has 7 heteroatoms. The van der Waals surface area contributed by atoms with Crippen LogP contribution in [-0.4, -0.2) is 61.5 Å². The van der Waals surface area contributed by atoms with Gasteiger partial charge in [-0.15, -0.1) is 12.4 Å². The van der Waals surface area contributed by atoms with Crippen LogP contribution in [0.2, 0.25) is 5.02 Å². The van der Waals surface area contributed by atoms with Gasteiger partial charge in [-0.1, -0.05) is 17.7 Å². The van der Waals surface area contributed by atoms with Crippen LogP contribution in [0.1, 0.15) is 23.2 Å². The summed E-state index contributed by atoms with van der Waals surface area (Å²) >= 11 is 6.00. The lowest BCUT2D eigenvalue weighted by molar-refractivity contribution is 0.0604. The zero-order valence-electron chi connectivity index (χ0n) is 13.6. The first-order chi connectivity index (χ1) is 11.1. The molecule has 1 aromatic rings. The van der Waals surface area contributed by atoms with E-state index in [1.165, 1.54) is 25.0 Å². The van der Waals surface area contributed by atoms with E-state index in [1.54, 1.807) is 11.0 Å². The number of benzene rings is 1. The van der Waals surface area contributed by atoms with Gasteiger partial charge in [0.2, 0.25) is 0 Å². The zero-order valence-corrected chi connectivity index (χ0v) is 15.2. The van der Waals surface area contributed by atoms with Crippen molar-refractivity contribution in [3.05, 3.63) is 34.6 Å². The van der Waals surface area contributed by atoms with E-state index in [1.807, 2.05) is 0 Å². The summed E-state index contributed by atoms with van der Waals surface area (Å²) in [5, 5.41) is 3.57. The van der Waals surface area contributed by atoms with Crippen LogP contribution >= 0.6 is 24.0 Å². The van der Waals surface area contributed by atoms with Crippen molar-refractivity contribution in [2.45, 2.75) is 12.8 Å². The van der Waals surface area contributed by atoms with Crippen molar-refractivity contribution in [1.29, 1.82) is 0 Å². The SMILES string of the molecule is Cl.O=C(c1c(F)cccc1Cl)N1CCN(CC2CCNCC2)CC1. The lowest BCUT2D eigenvalue weighted by atomic mass is 9.97. The Kier molecular flexibility index (Phi) is 7.29. The summed E-state index contributed by atoms with van der Waals surface area (Å²) in [5.41, 5.74) is 0.000900. The van der Waals surface area contributed by atoms with E-state index in [-0.39, 0.29) is 28.9 Å². The second-order valence-electron chi connectivity index (χ2n) is 6.38. The maximum atomic E-state index is 13.9. The maximum absolute atomic E-state index is 13.9. The van der Waals surface area contributed by atoms with Gasteiger partial charge in [-0.2, -0.15) is 0 Å². The molecule has 24 heavy (non-hydrogen) atoms. The third-order valence-corrected chi connectivity index (χ3v) is 5.13. The quantitative estimate of drug-likeness (QED) is 0.881. The van der Waals surface area contributed by atoms with Gasteiger partial charge >= 0.3 is 0 Å². The molecule has 3 rings (SSSR count). The van der Waals surface area contributed by atoms with Gasteiger partial charge in [0, 0.05) is 32.7 Å². The summed E-state index contributed by atoms with van der Waals surface area (Å²) < 4.78 is 13.9. The van der Waals surface area contributed by atoms with Crippen LogP contribution in [0.3, 0.4) is 0 Å². The molecule has 2 heterocycles. The number of piperazine rings is 1. The molecule has 0 aliphatic carbocycles. The van der Waals surface area contributed by atoms with E-state index in [0.717, 1.165) is 38.6 Å². The summed E-state index contributed by atoms with van der Waals surface area (Å²) in [6.07, 6.45) is 2.45. The number of nitrogens with zero attached hydrogens (tertiary/aromatic N) is 2. The maximum Gasteiger partial charge on any atom is 0.258 e. The number of piperidine rings is 1. The monoisotopic (exact) mass is 375 g/mol. The van der Waals surface area contributed by atoms with E-state index in [4.69, 9.17) is 11.6 Å². The van der Waals surface area contributed by atoms with Gasteiger partial charge in [0.05, 0.1) is 10.6 Å². The minimum absolute atomic E-state index is 0. The van der Waals surface area contributed by atoms with Gasteiger partial charge in [-0.25, -0.2) is 4.39 Å². The van der Waals surface area contributed by atoms with E-state index < -0.39 is 5.82 Å². The molecule has 134 valence electrons. The summed E-state index contributed by atoms with van der Waals surface area (Å²) in [6.45, 7) is 6.28. The van der Waals surface area contributed by atoms with Crippen LogP contribution in [0.4, 0.5) is 4.39 Å². The molecule has 0 aromatic heterocycles. The lowest BCUT2D eigenvalue weighted by Crippen LogP contribution is -2.50. The Bertz CT molecular complexity index is 539. The van der Waals surface area contributed by atoms with Gasteiger partial charge in [0.1, 0.15) is 5.82 Å². The molecule has 0 saturated carbocycles. The molecule has 2 fully saturated rings. The number of rotatable bonds is 3. The molecule has 2 saturated heterocycles. The molecule has 2 aliphatic rings. The predicted octanol–water partition coefficient (Wildman–Crippen LogP) is 2.66. The van der Waals surface area contributed by atoms with Crippen LogP contribution < -0.4 is 5.32 Å². The molecule has 0 radical (unpaired) electrons. The number of amides is 1. The average Bonchev–Trinajstić information content (AvgIpc) is 2.56. The number of carbonyl (C=O) groups excluding carboxylic acids is 1. The first-order valence-corrected chi connectivity index (χ1v) is 8.69. The van der Waals surface area contributed by atoms with Crippen molar-refractivity contribution >= 4 is 29.9 Å². The van der Waals surface area contributed by atoms with E-state index >= 15 is 0 Å². The molecule has 0 bridgehead atoms. The molecule has 0 unspecified atom stereocenters. The molecular weight excluding hydrogens is 352 g/mol. The minimum atomic E-state index is -0.542. The second kappa shape index (κ2) is 8.99. The summed E-state index contributed by atoms with van der Waals surface area (Å²) in [5.74, 6) is -0.0891.